The highest BCUT2D eigenvalue weighted by Crippen LogP contribution is 2.25. The van der Waals surface area contributed by atoms with Crippen molar-refractivity contribution in [1.29, 1.82) is 0 Å². The van der Waals surface area contributed by atoms with Gasteiger partial charge < -0.3 is 9.15 Å². The Morgan fingerprint density at radius 2 is 1.95 bits per heavy atom. The first kappa shape index (κ1) is 12.6. The molecule has 22 heavy (non-hydrogen) atoms. The third kappa shape index (κ3) is 2.03. The molecule has 0 fully saturated rings. The molecule has 0 saturated heterocycles. The maximum absolute atomic E-state index is 5.28. The number of ether oxygens (including phenoxy) is 1. The SMILES string of the molecule is COc1cccc(-c2nnc3ccc(-c4ccoc4)cn23)c1. The van der Waals surface area contributed by atoms with Crippen LogP contribution < -0.4 is 4.74 Å². The van der Waals surface area contributed by atoms with Gasteiger partial charge in [0, 0.05) is 22.9 Å². The van der Waals surface area contributed by atoms with Crippen LogP contribution in [0.4, 0.5) is 0 Å². The number of nitrogens with zero attached hydrogens (tertiary/aromatic N) is 3. The Kier molecular flexibility index (Phi) is 2.89. The highest BCUT2D eigenvalue weighted by Gasteiger charge is 2.10. The molecule has 5 nitrogen and oxygen atoms in total. The summed E-state index contributed by atoms with van der Waals surface area (Å²) in [5.74, 6) is 1.57. The van der Waals surface area contributed by atoms with Gasteiger partial charge in [-0.15, -0.1) is 10.2 Å². The van der Waals surface area contributed by atoms with Gasteiger partial charge in [0.15, 0.2) is 11.5 Å². The van der Waals surface area contributed by atoms with Gasteiger partial charge in [0.1, 0.15) is 5.75 Å². The first-order valence-electron chi connectivity index (χ1n) is 6.87. The second-order valence-electron chi connectivity index (χ2n) is 4.91. The molecule has 4 aromatic rings. The van der Waals surface area contributed by atoms with Gasteiger partial charge in [-0.05, 0) is 30.3 Å². The monoisotopic (exact) mass is 291 g/mol. The summed E-state index contributed by atoms with van der Waals surface area (Å²) in [4.78, 5) is 0. The van der Waals surface area contributed by atoms with Gasteiger partial charge in [0.25, 0.3) is 0 Å². The van der Waals surface area contributed by atoms with Crippen LogP contribution >= 0.6 is 0 Å². The van der Waals surface area contributed by atoms with Crippen LogP contribution in [-0.2, 0) is 0 Å². The van der Waals surface area contributed by atoms with Crippen LogP contribution in [0.2, 0.25) is 0 Å². The molecule has 0 unspecified atom stereocenters. The van der Waals surface area contributed by atoms with Crippen LogP contribution in [-0.4, -0.2) is 21.7 Å². The van der Waals surface area contributed by atoms with Gasteiger partial charge in [0.05, 0.1) is 19.6 Å². The molecule has 0 aliphatic carbocycles. The topological polar surface area (TPSA) is 52.6 Å². The van der Waals surface area contributed by atoms with E-state index in [1.165, 1.54) is 0 Å². The summed E-state index contributed by atoms with van der Waals surface area (Å²) in [7, 11) is 1.65. The second kappa shape index (κ2) is 5.04. The Bertz CT molecular complexity index is 926. The van der Waals surface area contributed by atoms with Crippen molar-refractivity contribution in [3.05, 3.63) is 61.2 Å². The van der Waals surface area contributed by atoms with Crippen LogP contribution in [0.15, 0.2) is 65.6 Å². The number of pyridine rings is 1. The van der Waals surface area contributed by atoms with E-state index in [9.17, 15) is 0 Å². The van der Waals surface area contributed by atoms with E-state index < -0.39 is 0 Å². The lowest BCUT2D eigenvalue weighted by atomic mass is 10.1. The predicted octanol–water partition coefficient (Wildman–Crippen LogP) is 3.66. The average molecular weight is 291 g/mol. The Morgan fingerprint density at radius 1 is 1.00 bits per heavy atom. The number of hydrogen-bond acceptors (Lipinski definition) is 4. The lowest BCUT2D eigenvalue weighted by Crippen LogP contribution is -1.91. The zero-order chi connectivity index (χ0) is 14.9. The molecule has 0 spiro atoms. The fraction of sp³-hybridized carbons (Fsp3) is 0.0588. The van der Waals surface area contributed by atoms with Gasteiger partial charge >= 0.3 is 0 Å². The molecular formula is C17H13N3O2. The highest BCUT2D eigenvalue weighted by molar-refractivity contribution is 5.67. The number of furan rings is 1. The van der Waals surface area contributed by atoms with E-state index >= 15 is 0 Å². The minimum atomic E-state index is 0.777. The molecule has 1 aromatic carbocycles. The van der Waals surface area contributed by atoms with Gasteiger partial charge in [-0.3, -0.25) is 4.40 Å². The lowest BCUT2D eigenvalue weighted by molar-refractivity contribution is 0.415. The van der Waals surface area contributed by atoms with E-state index in [1.54, 1.807) is 19.6 Å². The minimum absolute atomic E-state index is 0.777. The number of fused-ring (bicyclic) bond motifs is 1. The number of hydrogen-bond donors (Lipinski definition) is 0. The van der Waals surface area contributed by atoms with Crippen LogP contribution in [0, 0.1) is 0 Å². The molecule has 0 bridgehead atoms. The van der Waals surface area contributed by atoms with Crippen LogP contribution in [0.25, 0.3) is 28.2 Å². The van der Waals surface area contributed by atoms with E-state index in [1.807, 2.05) is 53.1 Å². The largest absolute Gasteiger partial charge is 0.497 e. The number of rotatable bonds is 3. The summed E-state index contributed by atoms with van der Waals surface area (Å²) < 4.78 is 12.4. The van der Waals surface area contributed by atoms with E-state index in [-0.39, 0.29) is 0 Å². The lowest BCUT2D eigenvalue weighted by Gasteiger charge is -2.04. The highest BCUT2D eigenvalue weighted by atomic mass is 16.5. The smallest absolute Gasteiger partial charge is 0.168 e. The van der Waals surface area contributed by atoms with Crippen LogP contribution in [0.1, 0.15) is 0 Å². The van der Waals surface area contributed by atoms with E-state index in [2.05, 4.69) is 10.2 Å². The van der Waals surface area contributed by atoms with Crippen molar-refractivity contribution in [1.82, 2.24) is 14.6 Å². The Balaban J connectivity index is 1.89. The number of benzene rings is 1. The standard InChI is InChI=1S/C17H13N3O2/c1-21-15-4-2-3-12(9-15)17-19-18-16-6-5-13(10-20(16)17)14-7-8-22-11-14/h2-11H,1H3. The summed E-state index contributed by atoms with van der Waals surface area (Å²) in [6, 6.07) is 13.7. The third-order valence-electron chi connectivity index (χ3n) is 3.58. The molecule has 3 heterocycles. The van der Waals surface area contributed by atoms with E-state index in [0.29, 0.717) is 0 Å². The molecule has 0 radical (unpaired) electrons. The summed E-state index contributed by atoms with van der Waals surface area (Å²) >= 11 is 0. The minimum Gasteiger partial charge on any atom is -0.497 e. The van der Waals surface area contributed by atoms with E-state index in [4.69, 9.17) is 9.15 Å². The predicted molar refractivity (Wildman–Crippen MR) is 82.7 cm³/mol. The van der Waals surface area contributed by atoms with Crippen molar-refractivity contribution >= 4 is 5.65 Å². The number of aromatic nitrogens is 3. The molecule has 4 rings (SSSR count). The second-order valence-corrected chi connectivity index (χ2v) is 4.91. The molecule has 0 saturated carbocycles. The quantitative estimate of drug-likeness (QED) is 0.578. The summed E-state index contributed by atoms with van der Waals surface area (Å²) in [6.45, 7) is 0. The zero-order valence-corrected chi connectivity index (χ0v) is 11.9. The normalized spacial score (nSPS) is 11.0. The van der Waals surface area contributed by atoms with Crippen LogP contribution in [0.5, 0.6) is 5.75 Å². The third-order valence-corrected chi connectivity index (χ3v) is 3.58. The maximum atomic E-state index is 5.28. The fourth-order valence-electron chi connectivity index (χ4n) is 2.45. The van der Waals surface area contributed by atoms with Gasteiger partial charge in [-0.25, -0.2) is 0 Å². The van der Waals surface area contributed by atoms with E-state index in [0.717, 1.165) is 33.9 Å². The molecular weight excluding hydrogens is 278 g/mol. The van der Waals surface area contributed by atoms with Gasteiger partial charge in [-0.2, -0.15) is 0 Å². The molecule has 0 atom stereocenters. The van der Waals surface area contributed by atoms with Gasteiger partial charge in [-0.1, -0.05) is 12.1 Å². The summed E-state index contributed by atoms with van der Waals surface area (Å²) in [6.07, 6.45) is 5.39. The zero-order valence-electron chi connectivity index (χ0n) is 11.9. The Morgan fingerprint density at radius 3 is 2.77 bits per heavy atom. The number of methoxy groups -OCH3 is 1. The Labute approximate surface area is 126 Å². The molecule has 0 amide bonds. The molecule has 0 aliphatic heterocycles. The average Bonchev–Trinajstić information content (AvgIpc) is 3.23. The first-order valence-corrected chi connectivity index (χ1v) is 6.87. The molecule has 108 valence electrons. The fourth-order valence-corrected chi connectivity index (χ4v) is 2.45. The Hall–Kier alpha value is -3.08. The van der Waals surface area contributed by atoms with Crippen molar-refractivity contribution in [2.24, 2.45) is 0 Å². The van der Waals surface area contributed by atoms with Crippen molar-refractivity contribution < 1.29 is 9.15 Å². The van der Waals surface area contributed by atoms with Crippen molar-refractivity contribution in [2.45, 2.75) is 0 Å². The van der Waals surface area contributed by atoms with Crippen molar-refractivity contribution in [2.75, 3.05) is 7.11 Å². The van der Waals surface area contributed by atoms with Gasteiger partial charge in [0.2, 0.25) is 0 Å². The summed E-state index contributed by atoms with van der Waals surface area (Å²) in [5.41, 5.74) is 3.82. The maximum Gasteiger partial charge on any atom is 0.168 e. The molecule has 0 aliphatic rings. The molecule has 5 heteroatoms. The molecule has 3 aromatic heterocycles. The van der Waals surface area contributed by atoms with Crippen LogP contribution in [0.3, 0.4) is 0 Å². The summed E-state index contributed by atoms with van der Waals surface area (Å²) in [5, 5.41) is 8.52. The molecule has 0 N–H and O–H groups in total. The van der Waals surface area contributed by atoms with Crippen molar-refractivity contribution in [3.8, 4) is 28.3 Å². The van der Waals surface area contributed by atoms with Crippen molar-refractivity contribution in [3.63, 3.8) is 0 Å². The first-order chi connectivity index (χ1) is 10.8.